The zero-order valence-corrected chi connectivity index (χ0v) is 10.3. The molecule has 2 rings (SSSR count). The summed E-state index contributed by atoms with van der Waals surface area (Å²) in [6.07, 6.45) is 7.05. The lowest BCUT2D eigenvalue weighted by Crippen LogP contribution is -2.48. The molecule has 1 saturated carbocycles. The fraction of sp³-hybridized carbons (Fsp3) is 1.00. The van der Waals surface area contributed by atoms with Gasteiger partial charge in [-0.1, -0.05) is 13.8 Å². The molecule has 0 aromatic carbocycles. The SMILES string of the molecule is CC(C)C1CCC2(CC1)NCCCS2. The molecular weight excluding hydrogens is 190 g/mol. The summed E-state index contributed by atoms with van der Waals surface area (Å²) >= 11 is 2.19. The van der Waals surface area contributed by atoms with E-state index in [9.17, 15) is 0 Å². The first-order valence-electron chi connectivity index (χ1n) is 6.11. The third-order valence-corrected chi connectivity index (χ3v) is 5.53. The summed E-state index contributed by atoms with van der Waals surface area (Å²) < 4.78 is 0. The second kappa shape index (κ2) is 4.44. The van der Waals surface area contributed by atoms with Gasteiger partial charge in [0.2, 0.25) is 0 Å². The summed E-state index contributed by atoms with van der Waals surface area (Å²) in [6.45, 7) is 6.01. The van der Waals surface area contributed by atoms with E-state index < -0.39 is 0 Å². The molecule has 1 saturated heterocycles. The molecule has 1 nitrogen and oxygen atoms in total. The van der Waals surface area contributed by atoms with Crippen molar-refractivity contribution in [3.63, 3.8) is 0 Å². The molecule has 1 heterocycles. The smallest absolute Gasteiger partial charge is 0.0645 e. The highest BCUT2D eigenvalue weighted by Gasteiger charge is 2.37. The van der Waals surface area contributed by atoms with Crippen LogP contribution in [-0.2, 0) is 0 Å². The van der Waals surface area contributed by atoms with E-state index in [0.29, 0.717) is 4.87 Å². The fourth-order valence-electron chi connectivity index (χ4n) is 2.80. The van der Waals surface area contributed by atoms with E-state index >= 15 is 0 Å². The average Bonchev–Trinajstić information content (AvgIpc) is 2.19. The van der Waals surface area contributed by atoms with Crippen LogP contribution in [0.3, 0.4) is 0 Å². The second-order valence-electron chi connectivity index (χ2n) is 5.20. The number of hydrogen-bond donors (Lipinski definition) is 1. The zero-order valence-electron chi connectivity index (χ0n) is 9.51. The molecule has 2 fully saturated rings. The zero-order chi connectivity index (χ0) is 10.0. The maximum absolute atomic E-state index is 3.76. The van der Waals surface area contributed by atoms with Crippen LogP contribution in [0.25, 0.3) is 0 Å². The monoisotopic (exact) mass is 213 g/mol. The maximum Gasteiger partial charge on any atom is 0.0645 e. The Morgan fingerprint density at radius 2 is 2.00 bits per heavy atom. The van der Waals surface area contributed by atoms with Gasteiger partial charge in [-0.2, -0.15) is 0 Å². The molecule has 0 aromatic rings. The number of nitrogens with one attached hydrogen (secondary N) is 1. The van der Waals surface area contributed by atoms with Crippen LogP contribution in [-0.4, -0.2) is 17.2 Å². The molecule has 0 aromatic heterocycles. The van der Waals surface area contributed by atoms with Crippen molar-refractivity contribution in [2.45, 2.75) is 50.8 Å². The van der Waals surface area contributed by atoms with Crippen LogP contribution in [0, 0.1) is 11.8 Å². The summed E-state index contributed by atoms with van der Waals surface area (Å²) in [5.74, 6) is 3.25. The van der Waals surface area contributed by atoms with Gasteiger partial charge in [0.15, 0.2) is 0 Å². The number of thioether (sulfide) groups is 1. The molecule has 2 aliphatic rings. The third-order valence-electron chi connectivity index (χ3n) is 3.93. The van der Waals surface area contributed by atoms with E-state index in [0.717, 1.165) is 11.8 Å². The van der Waals surface area contributed by atoms with E-state index in [-0.39, 0.29) is 0 Å². The molecule has 1 aliphatic carbocycles. The van der Waals surface area contributed by atoms with Gasteiger partial charge in [-0.05, 0) is 56.2 Å². The Labute approximate surface area is 92.4 Å². The first kappa shape index (κ1) is 10.8. The highest BCUT2D eigenvalue weighted by atomic mass is 32.2. The highest BCUT2D eigenvalue weighted by Crippen LogP contribution is 2.43. The van der Waals surface area contributed by atoms with Crippen LogP contribution in [0.15, 0.2) is 0 Å². The predicted octanol–water partition coefficient (Wildman–Crippen LogP) is 3.26. The minimum atomic E-state index is 0.490. The van der Waals surface area contributed by atoms with Crippen molar-refractivity contribution < 1.29 is 0 Å². The predicted molar refractivity (Wildman–Crippen MR) is 64.6 cm³/mol. The molecule has 14 heavy (non-hydrogen) atoms. The van der Waals surface area contributed by atoms with Crippen molar-refractivity contribution in [3.05, 3.63) is 0 Å². The van der Waals surface area contributed by atoms with Crippen molar-refractivity contribution in [1.29, 1.82) is 0 Å². The molecule has 0 unspecified atom stereocenters. The van der Waals surface area contributed by atoms with E-state index in [1.807, 2.05) is 0 Å². The van der Waals surface area contributed by atoms with Gasteiger partial charge in [-0.25, -0.2) is 0 Å². The average molecular weight is 213 g/mol. The van der Waals surface area contributed by atoms with E-state index in [1.54, 1.807) is 0 Å². The van der Waals surface area contributed by atoms with Gasteiger partial charge in [-0.3, -0.25) is 0 Å². The summed E-state index contributed by atoms with van der Waals surface area (Å²) in [5, 5.41) is 3.76. The Hall–Kier alpha value is 0.310. The van der Waals surface area contributed by atoms with Crippen molar-refractivity contribution in [3.8, 4) is 0 Å². The van der Waals surface area contributed by atoms with Crippen LogP contribution in [0.5, 0.6) is 0 Å². The molecule has 0 radical (unpaired) electrons. The lowest BCUT2D eigenvalue weighted by atomic mass is 9.79. The van der Waals surface area contributed by atoms with Crippen molar-refractivity contribution in [1.82, 2.24) is 5.32 Å². The van der Waals surface area contributed by atoms with Gasteiger partial charge >= 0.3 is 0 Å². The van der Waals surface area contributed by atoms with Gasteiger partial charge in [0.1, 0.15) is 0 Å². The lowest BCUT2D eigenvalue weighted by Gasteiger charge is -2.44. The first-order chi connectivity index (χ1) is 6.72. The number of hydrogen-bond acceptors (Lipinski definition) is 2. The summed E-state index contributed by atoms with van der Waals surface area (Å²) in [5.41, 5.74) is 0. The maximum atomic E-state index is 3.76. The van der Waals surface area contributed by atoms with Crippen LogP contribution < -0.4 is 5.32 Å². The summed E-state index contributed by atoms with van der Waals surface area (Å²) in [4.78, 5) is 0.490. The molecule has 0 amide bonds. The summed E-state index contributed by atoms with van der Waals surface area (Å²) in [7, 11) is 0. The lowest BCUT2D eigenvalue weighted by molar-refractivity contribution is 0.219. The van der Waals surface area contributed by atoms with Crippen LogP contribution in [0.1, 0.15) is 46.0 Å². The molecule has 82 valence electrons. The van der Waals surface area contributed by atoms with Crippen LogP contribution in [0.4, 0.5) is 0 Å². The standard InChI is InChI=1S/C12H23NS/c1-10(2)11-4-6-12(7-5-11)13-8-3-9-14-12/h10-11,13H,3-9H2,1-2H3. The molecule has 1 aliphatic heterocycles. The van der Waals surface area contributed by atoms with Gasteiger partial charge in [0.05, 0.1) is 4.87 Å². The van der Waals surface area contributed by atoms with Gasteiger partial charge < -0.3 is 5.32 Å². The second-order valence-corrected chi connectivity index (χ2v) is 6.68. The van der Waals surface area contributed by atoms with E-state index in [1.165, 1.54) is 44.4 Å². The largest absolute Gasteiger partial charge is 0.303 e. The number of rotatable bonds is 1. The third kappa shape index (κ3) is 2.27. The van der Waals surface area contributed by atoms with Crippen LogP contribution >= 0.6 is 11.8 Å². The molecule has 1 spiro atoms. The minimum absolute atomic E-state index is 0.490. The fourth-order valence-corrected chi connectivity index (χ4v) is 4.21. The Bertz CT molecular complexity index is 175. The van der Waals surface area contributed by atoms with Crippen molar-refractivity contribution in [2.24, 2.45) is 11.8 Å². The highest BCUT2D eigenvalue weighted by molar-refractivity contribution is 8.00. The topological polar surface area (TPSA) is 12.0 Å². The molecular formula is C12H23NS. The molecule has 0 atom stereocenters. The quantitative estimate of drug-likeness (QED) is 0.717. The molecule has 1 N–H and O–H groups in total. The van der Waals surface area contributed by atoms with Gasteiger partial charge in [0.25, 0.3) is 0 Å². The molecule has 2 heteroatoms. The first-order valence-corrected chi connectivity index (χ1v) is 7.09. The minimum Gasteiger partial charge on any atom is -0.303 e. The van der Waals surface area contributed by atoms with Gasteiger partial charge in [-0.15, -0.1) is 11.8 Å². The summed E-state index contributed by atoms with van der Waals surface area (Å²) in [6, 6.07) is 0. The molecule has 0 bridgehead atoms. The van der Waals surface area contributed by atoms with Crippen molar-refractivity contribution in [2.75, 3.05) is 12.3 Å². The van der Waals surface area contributed by atoms with Crippen molar-refractivity contribution >= 4 is 11.8 Å². The van der Waals surface area contributed by atoms with Gasteiger partial charge in [0, 0.05) is 0 Å². The van der Waals surface area contributed by atoms with E-state index in [4.69, 9.17) is 0 Å². The van der Waals surface area contributed by atoms with Crippen LogP contribution in [0.2, 0.25) is 0 Å². The Kier molecular flexibility index (Phi) is 3.43. The normalized spacial score (nSPS) is 39.2. The Morgan fingerprint density at radius 3 is 2.50 bits per heavy atom. The Balaban J connectivity index is 1.87. The Morgan fingerprint density at radius 1 is 1.29 bits per heavy atom. The van der Waals surface area contributed by atoms with E-state index in [2.05, 4.69) is 30.9 Å².